The van der Waals surface area contributed by atoms with E-state index in [-0.39, 0.29) is 31.0 Å². The quantitative estimate of drug-likeness (QED) is 0.303. The van der Waals surface area contributed by atoms with Crippen molar-refractivity contribution < 1.29 is 23.8 Å². The van der Waals surface area contributed by atoms with Crippen LogP contribution in [0.15, 0.2) is 71.2 Å². The zero-order chi connectivity index (χ0) is 27.2. The standard InChI is InChI=1S/C30H33BrN2O5/c1-5-38-30(35)33-20(2)14-25(24-17-27(36-3)28(37-4)18-26(24)33)32(19-21-10-7-6-8-11-21)29(34)16-22-12-9-13-23(31)15-22/h6-13,15,17-18,20,25H,5,14,16,19H2,1-4H3/t20-,25+/m1/s1. The van der Waals surface area contributed by atoms with Crippen molar-refractivity contribution in [3.8, 4) is 11.5 Å². The molecule has 0 saturated carbocycles. The number of rotatable bonds is 8. The molecule has 0 aromatic heterocycles. The molecule has 0 fully saturated rings. The lowest BCUT2D eigenvalue weighted by molar-refractivity contribution is -0.134. The maximum atomic E-state index is 14.0. The van der Waals surface area contributed by atoms with E-state index >= 15 is 0 Å². The van der Waals surface area contributed by atoms with E-state index in [1.54, 1.807) is 32.1 Å². The second-order valence-corrected chi connectivity index (χ2v) is 10.2. The number of fused-ring (bicyclic) bond motifs is 1. The summed E-state index contributed by atoms with van der Waals surface area (Å²) in [5.41, 5.74) is 3.41. The summed E-state index contributed by atoms with van der Waals surface area (Å²) in [6.45, 7) is 4.45. The monoisotopic (exact) mass is 580 g/mol. The van der Waals surface area contributed by atoms with Crippen molar-refractivity contribution in [2.24, 2.45) is 0 Å². The molecule has 0 bridgehead atoms. The maximum Gasteiger partial charge on any atom is 0.414 e. The SMILES string of the molecule is CCOC(=O)N1c2cc(OC)c(OC)cc2[C@@H](N(Cc2ccccc2)C(=O)Cc2cccc(Br)c2)C[C@H]1C. The van der Waals surface area contributed by atoms with Gasteiger partial charge in [0.25, 0.3) is 0 Å². The number of nitrogens with zero attached hydrogens (tertiary/aromatic N) is 2. The van der Waals surface area contributed by atoms with Crippen molar-refractivity contribution in [3.63, 3.8) is 0 Å². The molecule has 3 aromatic carbocycles. The Balaban J connectivity index is 1.82. The summed E-state index contributed by atoms with van der Waals surface area (Å²) >= 11 is 3.51. The van der Waals surface area contributed by atoms with E-state index < -0.39 is 6.09 Å². The molecule has 4 rings (SSSR count). The molecule has 200 valence electrons. The van der Waals surface area contributed by atoms with Gasteiger partial charge in [0, 0.05) is 28.7 Å². The smallest absolute Gasteiger partial charge is 0.414 e. The highest BCUT2D eigenvalue weighted by molar-refractivity contribution is 9.10. The topological polar surface area (TPSA) is 68.3 Å². The van der Waals surface area contributed by atoms with Gasteiger partial charge < -0.3 is 19.1 Å². The van der Waals surface area contributed by atoms with E-state index in [1.807, 2.05) is 72.5 Å². The summed E-state index contributed by atoms with van der Waals surface area (Å²) in [7, 11) is 3.14. The zero-order valence-electron chi connectivity index (χ0n) is 22.1. The number of hydrogen-bond donors (Lipinski definition) is 0. The predicted octanol–water partition coefficient (Wildman–Crippen LogP) is 6.53. The van der Waals surface area contributed by atoms with Crippen LogP contribution in [0.2, 0.25) is 0 Å². The largest absolute Gasteiger partial charge is 0.493 e. The van der Waals surface area contributed by atoms with Gasteiger partial charge in [0.2, 0.25) is 5.91 Å². The van der Waals surface area contributed by atoms with Crippen molar-refractivity contribution in [2.45, 2.75) is 45.3 Å². The molecule has 38 heavy (non-hydrogen) atoms. The van der Waals surface area contributed by atoms with Crippen LogP contribution in [0.25, 0.3) is 0 Å². The van der Waals surface area contributed by atoms with Crippen molar-refractivity contribution in [1.29, 1.82) is 0 Å². The molecule has 1 aliphatic heterocycles. The van der Waals surface area contributed by atoms with Crippen LogP contribution in [0.5, 0.6) is 11.5 Å². The second kappa shape index (κ2) is 12.3. The minimum atomic E-state index is -0.429. The van der Waals surface area contributed by atoms with Crippen molar-refractivity contribution in [3.05, 3.63) is 87.9 Å². The van der Waals surface area contributed by atoms with Crippen LogP contribution in [-0.2, 0) is 22.5 Å². The molecule has 0 saturated heterocycles. The zero-order valence-corrected chi connectivity index (χ0v) is 23.7. The van der Waals surface area contributed by atoms with Gasteiger partial charge in [0.05, 0.1) is 39.0 Å². The lowest BCUT2D eigenvalue weighted by Crippen LogP contribution is -2.48. The van der Waals surface area contributed by atoms with Gasteiger partial charge in [0.1, 0.15) is 0 Å². The number of amides is 2. The molecule has 0 unspecified atom stereocenters. The van der Waals surface area contributed by atoms with Crippen LogP contribution in [0, 0.1) is 0 Å². The molecule has 3 aromatic rings. The van der Waals surface area contributed by atoms with Crippen LogP contribution in [0.4, 0.5) is 10.5 Å². The average Bonchev–Trinajstić information content (AvgIpc) is 2.91. The minimum Gasteiger partial charge on any atom is -0.493 e. The Morgan fingerprint density at radius 2 is 1.66 bits per heavy atom. The van der Waals surface area contributed by atoms with Crippen LogP contribution in [-0.4, -0.2) is 43.8 Å². The number of methoxy groups -OCH3 is 2. The maximum absolute atomic E-state index is 14.0. The van der Waals surface area contributed by atoms with Crippen LogP contribution in [0.1, 0.15) is 43.0 Å². The third-order valence-corrected chi connectivity index (χ3v) is 7.25. The van der Waals surface area contributed by atoms with Gasteiger partial charge in [-0.2, -0.15) is 0 Å². The van der Waals surface area contributed by atoms with Crippen molar-refractivity contribution in [2.75, 3.05) is 25.7 Å². The number of hydrogen-bond acceptors (Lipinski definition) is 5. The van der Waals surface area contributed by atoms with Crippen molar-refractivity contribution >= 4 is 33.6 Å². The summed E-state index contributed by atoms with van der Waals surface area (Å²) in [6, 6.07) is 20.9. The molecule has 0 aliphatic carbocycles. The van der Waals surface area contributed by atoms with Gasteiger partial charge in [0.15, 0.2) is 11.5 Å². The Hall–Kier alpha value is -3.52. The molecule has 0 N–H and O–H groups in total. The van der Waals surface area contributed by atoms with E-state index in [1.165, 1.54) is 0 Å². The molecule has 8 heteroatoms. The van der Waals surface area contributed by atoms with Gasteiger partial charge in [-0.1, -0.05) is 58.4 Å². The number of halogens is 1. The first-order valence-electron chi connectivity index (χ1n) is 12.7. The fraction of sp³-hybridized carbons (Fsp3) is 0.333. The minimum absolute atomic E-state index is 0.00512. The number of carbonyl (C=O) groups excluding carboxylic acids is 2. The molecule has 1 heterocycles. The predicted molar refractivity (Wildman–Crippen MR) is 151 cm³/mol. The summed E-state index contributed by atoms with van der Waals surface area (Å²) in [4.78, 5) is 30.6. The Kier molecular flexibility index (Phi) is 8.94. The third kappa shape index (κ3) is 5.96. The molecule has 1 aliphatic rings. The molecule has 2 amide bonds. The lowest BCUT2D eigenvalue weighted by Gasteiger charge is -2.43. The summed E-state index contributed by atoms with van der Waals surface area (Å²) < 4.78 is 17.5. The third-order valence-electron chi connectivity index (χ3n) is 6.76. The summed E-state index contributed by atoms with van der Waals surface area (Å²) in [5, 5.41) is 0. The number of benzene rings is 3. The lowest BCUT2D eigenvalue weighted by atomic mass is 9.89. The normalized spacial score (nSPS) is 16.4. The van der Waals surface area contributed by atoms with Gasteiger partial charge in [-0.25, -0.2) is 4.79 Å². The second-order valence-electron chi connectivity index (χ2n) is 9.25. The molecule has 7 nitrogen and oxygen atoms in total. The number of carbonyl (C=O) groups is 2. The van der Waals surface area contributed by atoms with Gasteiger partial charge >= 0.3 is 6.09 Å². The first-order valence-corrected chi connectivity index (χ1v) is 13.4. The van der Waals surface area contributed by atoms with E-state index in [0.29, 0.717) is 30.2 Å². The molecule has 0 radical (unpaired) electrons. The van der Waals surface area contributed by atoms with Crippen LogP contribution >= 0.6 is 15.9 Å². The number of anilines is 1. The van der Waals surface area contributed by atoms with E-state index in [4.69, 9.17) is 14.2 Å². The Morgan fingerprint density at radius 3 is 2.32 bits per heavy atom. The first kappa shape index (κ1) is 27.5. The highest BCUT2D eigenvalue weighted by Crippen LogP contribution is 2.46. The molecule has 0 spiro atoms. The Labute approximate surface area is 232 Å². The van der Waals surface area contributed by atoms with Crippen molar-refractivity contribution in [1.82, 2.24) is 4.90 Å². The fourth-order valence-electron chi connectivity index (χ4n) is 4.99. The average molecular weight is 582 g/mol. The fourth-order valence-corrected chi connectivity index (χ4v) is 5.44. The van der Waals surface area contributed by atoms with Gasteiger partial charge in [-0.15, -0.1) is 0 Å². The Bertz CT molecular complexity index is 1280. The summed E-state index contributed by atoms with van der Waals surface area (Å²) in [5.74, 6) is 1.03. The first-order chi connectivity index (χ1) is 18.4. The molecule has 2 atom stereocenters. The number of ether oxygens (including phenoxy) is 3. The molecular formula is C30H33BrN2O5. The van der Waals surface area contributed by atoms with E-state index in [0.717, 1.165) is 21.2 Å². The Morgan fingerprint density at radius 1 is 0.974 bits per heavy atom. The van der Waals surface area contributed by atoms with E-state index in [9.17, 15) is 9.59 Å². The van der Waals surface area contributed by atoms with Gasteiger partial charge in [-0.3, -0.25) is 9.69 Å². The van der Waals surface area contributed by atoms with Crippen LogP contribution < -0.4 is 14.4 Å². The van der Waals surface area contributed by atoms with E-state index in [2.05, 4.69) is 15.9 Å². The van der Waals surface area contributed by atoms with Crippen LogP contribution in [0.3, 0.4) is 0 Å². The van der Waals surface area contributed by atoms with Gasteiger partial charge in [-0.05, 0) is 49.6 Å². The highest BCUT2D eigenvalue weighted by Gasteiger charge is 2.39. The molecular weight excluding hydrogens is 548 g/mol. The highest BCUT2D eigenvalue weighted by atomic mass is 79.9. The summed E-state index contributed by atoms with van der Waals surface area (Å²) in [6.07, 6.45) is 0.363.